The number of hydrogen-bond acceptors (Lipinski definition) is 6. The molecule has 2 aromatic carbocycles. The fraction of sp³-hybridized carbons (Fsp3) is 0.227. The molecule has 0 spiro atoms. The van der Waals surface area contributed by atoms with Crippen molar-refractivity contribution in [1.29, 1.82) is 0 Å². The molecule has 2 aliphatic rings. The van der Waals surface area contributed by atoms with E-state index in [0.717, 1.165) is 4.90 Å². The van der Waals surface area contributed by atoms with E-state index in [1.54, 1.807) is 60.6 Å². The summed E-state index contributed by atoms with van der Waals surface area (Å²) in [7, 11) is 4.68. The van der Waals surface area contributed by atoms with Crippen molar-refractivity contribution in [2.45, 2.75) is 12.1 Å². The minimum absolute atomic E-state index is 0.250. The number of carbonyl (C=O) groups excluding carboxylic acids is 3. The Morgan fingerprint density at radius 3 is 2.47 bits per heavy atom. The molecule has 1 saturated heterocycles. The summed E-state index contributed by atoms with van der Waals surface area (Å²) in [6, 6.07) is 9.18. The van der Waals surface area contributed by atoms with Crippen LogP contribution in [0.4, 0.5) is 16.2 Å². The minimum Gasteiger partial charge on any atom is -0.497 e. The Morgan fingerprint density at radius 2 is 1.81 bits per heavy atom. The van der Waals surface area contributed by atoms with E-state index in [2.05, 4.69) is 10.6 Å². The van der Waals surface area contributed by atoms with E-state index in [-0.39, 0.29) is 5.57 Å². The lowest BCUT2D eigenvalue weighted by Gasteiger charge is -2.37. The van der Waals surface area contributed by atoms with E-state index >= 15 is 0 Å². The van der Waals surface area contributed by atoms with E-state index in [1.165, 1.54) is 14.2 Å². The monoisotopic (exact) mass is 456 g/mol. The van der Waals surface area contributed by atoms with Crippen LogP contribution >= 0.6 is 11.6 Å². The number of likely N-dealkylation sites (N-methyl/N-ethyl adjacent to an activating group) is 1. The molecule has 4 amide bonds. The molecule has 10 heteroatoms. The summed E-state index contributed by atoms with van der Waals surface area (Å²) in [4.78, 5) is 41.8. The molecule has 2 N–H and O–H groups in total. The summed E-state index contributed by atoms with van der Waals surface area (Å²) in [5.41, 5.74) is 1.04. The van der Waals surface area contributed by atoms with Gasteiger partial charge in [0, 0.05) is 24.3 Å². The zero-order valence-corrected chi connectivity index (χ0v) is 18.3. The summed E-state index contributed by atoms with van der Waals surface area (Å²) in [6.45, 7) is 0. The van der Waals surface area contributed by atoms with Gasteiger partial charge in [0.05, 0.1) is 37.2 Å². The van der Waals surface area contributed by atoms with Crippen LogP contribution in [0.3, 0.4) is 0 Å². The predicted molar refractivity (Wildman–Crippen MR) is 119 cm³/mol. The van der Waals surface area contributed by atoms with E-state index < -0.39 is 29.9 Å². The molecule has 32 heavy (non-hydrogen) atoms. The van der Waals surface area contributed by atoms with Gasteiger partial charge in [-0.1, -0.05) is 11.6 Å². The highest BCUT2D eigenvalue weighted by Gasteiger charge is 2.49. The van der Waals surface area contributed by atoms with Crippen LogP contribution in [-0.4, -0.2) is 56.1 Å². The van der Waals surface area contributed by atoms with E-state index in [4.69, 9.17) is 21.1 Å². The Bertz CT molecular complexity index is 1120. The predicted octanol–water partition coefficient (Wildman–Crippen LogP) is 2.62. The molecule has 1 fully saturated rings. The lowest BCUT2D eigenvalue weighted by atomic mass is 9.99. The molecule has 166 valence electrons. The van der Waals surface area contributed by atoms with Crippen molar-refractivity contribution in [2.24, 2.45) is 0 Å². The zero-order valence-electron chi connectivity index (χ0n) is 17.6. The molecule has 0 aromatic heterocycles. The molecular weight excluding hydrogens is 436 g/mol. The van der Waals surface area contributed by atoms with Crippen LogP contribution in [0.15, 0.2) is 54.2 Å². The lowest BCUT2D eigenvalue weighted by molar-refractivity contribution is -0.122. The molecule has 2 heterocycles. The Kier molecular flexibility index (Phi) is 5.67. The van der Waals surface area contributed by atoms with Crippen molar-refractivity contribution >= 4 is 40.8 Å². The fourth-order valence-electron chi connectivity index (χ4n) is 3.83. The average Bonchev–Trinajstić information content (AvgIpc) is 3.11. The first-order chi connectivity index (χ1) is 15.3. The van der Waals surface area contributed by atoms with Gasteiger partial charge in [-0.05, 0) is 36.4 Å². The van der Waals surface area contributed by atoms with Crippen molar-refractivity contribution in [3.05, 3.63) is 59.3 Å². The van der Waals surface area contributed by atoms with E-state index in [0.29, 0.717) is 27.9 Å². The number of benzene rings is 2. The normalized spacial score (nSPS) is 19.8. The van der Waals surface area contributed by atoms with Crippen molar-refractivity contribution < 1.29 is 23.9 Å². The van der Waals surface area contributed by atoms with Gasteiger partial charge in [-0.15, -0.1) is 0 Å². The topological polar surface area (TPSA) is 100 Å². The van der Waals surface area contributed by atoms with Crippen LogP contribution in [-0.2, 0) is 9.59 Å². The highest BCUT2D eigenvalue weighted by atomic mass is 35.5. The molecular formula is C22H21ClN4O5. The van der Waals surface area contributed by atoms with Gasteiger partial charge in [-0.2, -0.15) is 0 Å². The van der Waals surface area contributed by atoms with Gasteiger partial charge in [0.15, 0.2) is 0 Å². The second-order valence-electron chi connectivity index (χ2n) is 7.29. The third kappa shape index (κ3) is 3.71. The van der Waals surface area contributed by atoms with Gasteiger partial charge in [-0.25, -0.2) is 9.69 Å². The van der Waals surface area contributed by atoms with Gasteiger partial charge < -0.3 is 25.0 Å². The van der Waals surface area contributed by atoms with Crippen LogP contribution in [0.2, 0.25) is 5.02 Å². The van der Waals surface area contributed by atoms with Crippen LogP contribution in [0.5, 0.6) is 11.5 Å². The maximum atomic E-state index is 13.2. The second-order valence-corrected chi connectivity index (χ2v) is 7.73. The Morgan fingerprint density at radius 1 is 1.09 bits per heavy atom. The number of halogens is 1. The fourth-order valence-corrected chi connectivity index (χ4v) is 3.96. The molecule has 2 aliphatic heterocycles. The zero-order chi connectivity index (χ0) is 23.0. The maximum Gasteiger partial charge on any atom is 0.329 e. The number of rotatable bonds is 5. The Labute approximate surface area is 189 Å². The molecule has 2 atom stereocenters. The maximum absolute atomic E-state index is 13.2. The second kappa shape index (κ2) is 8.43. The molecule has 4 rings (SSSR count). The highest BCUT2D eigenvalue weighted by molar-refractivity contribution is 6.30. The number of nitrogens with one attached hydrogen (secondary N) is 2. The largest absolute Gasteiger partial charge is 0.497 e. The van der Waals surface area contributed by atoms with E-state index in [1.807, 2.05) is 0 Å². The molecule has 0 saturated carbocycles. The first-order valence-corrected chi connectivity index (χ1v) is 10.1. The average molecular weight is 457 g/mol. The summed E-state index contributed by atoms with van der Waals surface area (Å²) >= 11 is 5.91. The third-order valence-electron chi connectivity index (χ3n) is 5.39. The number of amides is 4. The molecule has 9 nitrogen and oxygen atoms in total. The number of urea groups is 1. The molecule has 2 unspecified atom stereocenters. The van der Waals surface area contributed by atoms with Crippen LogP contribution < -0.4 is 25.0 Å². The summed E-state index contributed by atoms with van der Waals surface area (Å²) in [5.74, 6) is 0.0714. The van der Waals surface area contributed by atoms with Gasteiger partial charge in [0.1, 0.15) is 17.5 Å². The van der Waals surface area contributed by atoms with Crippen molar-refractivity contribution in [3.8, 4) is 11.5 Å². The van der Waals surface area contributed by atoms with Crippen molar-refractivity contribution in [2.75, 3.05) is 31.5 Å². The summed E-state index contributed by atoms with van der Waals surface area (Å²) in [6.07, 6.45) is 1.56. The molecule has 0 aliphatic carbocycles. The number of nitrogens with zero attached hydrogens (tertiary/aromatic N) is 2. The number of ether oxygens (including phenoxy) is 2. The number of carbonyl (C=O) groups is 3. The Balaban J connectivity index is 1.58. The third-order valence-corrected chi connectivity index (χ3v) is 5.64. The highest BCUT2D eigenvalue weighted by Crippen LogP contribution is 2.33. The van der Waals surface area contributed by atoms with Crippen LogP contribution in [0.25, 0.3) is 0 Å². The summed E-state index contributed by atoms with van der Waals surface area (Å²) in [5, 5.41) is 6.05. The standard InChI is InChI=1S/C22H21ClN4O5/c1-26-11-15(20(28)24-16-10-14(31-2)8-9-17(16)32-3)18-19(26)21(29)27(22(30)25-18)13-6-4-12(23)5-7-13/h4-11,18-19H,1-3H3,(H,24,28)(H,25,30). The van der Waals surface area contributed by atoms with E-state index in [9.17, 15) is 14.4 Å². The first-order valence-electron chi connectivity index (χ1n) is 9.71. The smallest absolute Gasteiger partial charge is 0.329 e. The van der Waals surface area contributed by atoms with Crippen molar-refractivity contribution in [3.63, 3.8) is 0 Å². The van der Waals surface area contributed by atoms with Crippen LogP contribution in [0.1, 0.15) is 0 Å². The van der Waals surface area contributed by atoms with Crippen molar-refractivity contribution in [1.82, 2.24) is 10.2 Å². The SMILES string of the molecule is COc1ccc(OC)c(NC(=O)C2=CN(C)C3C(=O)N(c4ccc(Cl)cc4)C(=O)NC23)c1. The van der Waals surface area contributed by atoms with Gasteiger partial charge in [0.2, 0.25) is 0 Å². The Hall–Kier alpha value is -3.72. The van der Waals surface area contributed by atoms with Gasteiger partial charge in [-0.3, -0.25) is 9.59 Å². The number of imide groups is 1. The number of hydrogen-bond donors (Lipinski definition) is 2. The van der Waals surface area contributed by atoms with Gasteiger partial charge >= 0.3 is 6.03 Å². The lowest BCUT2D eigenvalue weighted by Crippen LogP contribution is -2.65. The number of methoxy groups -OCH3 is 2. The van der Waals surface area contributed by atoms with Crippen LogP contribution in [0, 0.1) is 0 Å². The number of fused-ring (bicyclic) bond motifs is 1. The minimum atomic E-state index is -0.805. The van der Waals surface area contributed by atoms with Gasteiger partial charge in [0.25, 0.3) is 11.8 Å². The molecule has 0 radical (unpaired) electrons. The number of anilines is 2. The quantitative estimate of drug-likeness (QED) is 0.717. The molecule has 0 bridgehead atoms. The molecule has 2 aromatic rings. The summed E-state index contributed by atoms with van der Waals surface area (Å²) < 4.78 is 10.5. The first kappa shape index (κ1) is 21.5.